The smallest absolute Gasteiger partial charge is 0.327 e. The van der Waals surface area contributed by atoms with Crippen LogP contribution in [0, 0.1) is 11.6 Å². The fourth-order valence-electron chi connectivity index (χ4n) is 3.21. The van der Waals surface area contributed by atoms with Crippen molar-refractivity contribution in [1.29, 1.82) is 0 Å². The average molecular weight is 395 g/mol. The Morgan fingerprint density at radius 3 is 1.72 bits per heavy atom. The lowest BCUT2D eigenvalue weighted by Crippen LogP contribution is -2.46. The number of aliphatic carboxylic acids is 1. The quantitative estimate of drug-likeness (QED) is 0.638. The summed E-state index contributed by atoms with van der Waals surface area (Å²) >= 11 is 0. The second-order valence-corrected chi connectivity index (χ2v) is 6.63. The Hall–Kier alpha value is -3.54. The molecule has 3 rings (SSSR count). The third-order valence-electron chi connectivity index (χ3n) is 4.58. The molecule has 3 aromatic rings. The Morgan fingerprint density at radius 2 is 1.28 bits per heavy atom. The molecule has 0 saturated carbocycles. The van der Waals surface area contributed by atoms with E-state index in [-0.39, 0.29) is 6.42 Å². The van der Waals surface area contributed by atoms with Gasteiger partial charge in [0.15, 0.2) is 0 Å². The number of carbonyl (C=O) groups is 2. The van der Waals surface area contributed by atoms with Gasteiger partial charge in [-0.2, -0.15) is 0 Å². The van der Waals surface area contributed by atoms with Crippen molar-refractivity contribution < 1.29 is 23.5 Å². The highest BCUT2D eigenvalue weighted by Gasteiger charge is 2.32. The van der Waals surface area contributed by atoms with Gasteiger partial charge in [-0.25, -0.2) is 13.6 Å². The highest BCUT2D eigenvalue weighted by Crippen LogP contribution is 2.29. The van der Waals surface area contributed by atoms with Crippen LogP contribution in [0.5, 0.6) is 0 Å². The number of rotatable bonds is 7. The van der Waals surface area contributed by atoms with Crippen LogP contribution >= 0.6 is 0 Å². The fraction of sp³-hybridized carbons (Fsp3) is 0.130. The molecular formula is C23H19F2NO3. The van der Waals surface area contributed by atoms with Crippen molar-refractivity contribution in [1.82, 2.24) is 5.32 Å². The van der Waals surface area contributed by atoms with E-state index in [0.717, 1.165) is 5.56 Å². The standard InChI is InChI=1S/C23H19F2NO3/c24-18-10-6-16(7-11-18)21(17-8-12-19(25)13-9-17)22(23(28)29)26-20(27)14-15-4-2-1-3-5-15/h1-13,21-22H,14H2,(H,26,27)(H,28,29). The van der Waals surface area contributed by atoms with Gasteiger partial charge in [-0.1, -0.05) is 54.6 Å². The molecule has 0 aliphatic rings. The van der Waals surface area contributed by atoms with Crippen LogP contribution in [0.15, 0.2) is 78.9 Å². The van der Waals surface area contributed by atoms with Gasteiger partial charge in [-0.3, -0.25) is 4.79 Å². The minimum absolute atomic E-state index is 0.0180. The summed E-state index contributed by atoms with van der Waals surface area (Å²) in [5.41, 5.74) is 1.73. The van der Waals surface area contributed by atoms with Crippen LogP contribution in [0.1, 0.15) is 22.6 Å². The van der Waals surface area contributed by atoms with Gasteiger partial charge in [-0.15, -0.1) is 0 Å². The number of halogens is 2. The molecule has 0 radical (unpaired) electrons. The maximum atomic E-state index is 13.4. The summed E-state index contributed by atoms with van der Waals surface area (Å²) in [5, 5.41) is 12.4. The lowest BCUT2D eigenvalue weighted by molar-refractivity contribution is -0.142. The molecule has 29 heavy (non-hydrogen) atoms. The van der Waals surface area contributed by atoms with Crippen molar-refractivity contribution in [3.63, 3.8) is 0 Å². The first-order valence-corrected chi connectivity index (χ1v) is 9.01. The van der Waals surface area contributed by atoms with E-state index in [1.54, 1.807) is 24.3 Å². The predicted octanol–water partition coefficient (Wildman–Crippen LogP) is 3.91. The molecule has 2 N–H and O–H groups in total. The Kier molecular flexibility index (Phi) is 6.34. The summed E-state index contributed by atoms with van der Waals surface area (Å²) < 4.78 is 26.8. The Bertz CT molecular complexity index is 928. The average Bonchev–Trinajstić information content (AvgIpc) is 2.71. The van der Waals surface area contributed by atoms with Gasteiger partial charge in [0.25, 0.3) is 0 Å². The minimum Gasteiger partial charge on any atom is -0.480 e. The summed E-state index contributed by atoms with van der Waals surface area (Å²) in [4.78, 5) is 24.6. The van der Waals surface area contributed by atoms with Crippen LogP contribution in [0.25, 0.3) is 0 Å². The van der Waals surface area contributed by atoms with Gasteiger partial charge in [-0.05, 0) is 41.0 Å². The molecule has 1 atom stereocenters. The lowest BCUT2D eigenvalue weighted by atomic mass is 9.84. The third kappa shape index (κ3) is 5.25. The zero-order valence-electron chi connectivity index (χ0n) is 15.4. The fourth-order valence-corrected chi connectivity index (χ4v) is 3.21. The summed E-state index contributed by atoms with van der Waals surface area (Å²) in [5.74, 6) is -3.46. The molecule has 0 spiro atoms. The summed E-state index contributed by atoms with van der Waals surface area (Å²) in [6.07, 6.45) is 0.0180. The van der Waals surface area contributed by atoms with Crippen molar-refractivity contribution in [3.8, 4) is 0 Å². The molecule has 0 heterocycles. The predicted molar refractivity (Wildman–Crippen MR) is 104 cm³/mol. The number of hydrogen-bond acceptors (Lipinski definition) is 2. The molecule has 0 bridgehead atoms. The van der Waals surface area contributed by atoms with Crippen LogP contribution in [-0.4, -0.2) is 23.0 Å². The lowest BCUT2D eigenvalue weighted by Gasteiger charge is -2.26. The SMILES string of the molecule is O=C(Cc1ccccc1)NC(C(=O)O)C(c1ccc(F)cc1)c1ccc(F)cc1. The highest BCUT2D eigenvalue weighted by molar-refractivity contribution is 5.86. The molecule has 4 nitrogen and oxygen atoms in total. The van der Waals surface area contributed by atoms with Crippen molar-refractivity contribution in [2.75, 3.05) is 0 Å². The number of hydrogen-bond donors (Lipinski definition) is 2. The van der Waals surface area contributed by atoms with Gasteiger partial charge in [0.05, 0.1) is 6.42 Å². The summed E-state index contributed by atoms with van der Waals surface area (Å²) in [6, 6.07) is 18.3. The maximum absolute atomic E-state index is 13.4. The number of nitrogens with one attached hydrogen (secondary N) is 1. The molecule has 148 valence electrons. The molecule has 6 heteroatoms. The zero-order valence-corrected chi connectivity index (χ0v) is 15.4. The first kappa shape index (κ1) is 20.2. The Morgan fingerprint density at radius 1 is 0.793 bits per heavy atom. The molecule has 0 aromatic heterocycles. The monoisotopic (exact) mass is 395 g/mol. The molecule has 1 amide bonds. The first-order chi connectivity index (χ1) is 13.9. The van der Waals surface area contributed by atoms with E-state index in [0.29, 0.717) is 11.1 Å². The van der Waals surface area contributed by atoms with Crippen LogP contribution in [-0.2, 0) is 16.0 Å². The van der Waals surface area contributed by atoms with Crippen LogP contribution in [0.2, 0.25) is 0 Å². The number of carbonyl (C=O) groups excluding carboxylic acids is 1. The third-order valence-corrected chi connectivity index (χ3v) is 4.58. The molecular weight excluding hydrogens is 376 g/mol. The normalized spacial score (nSPS) is 11.8. The Balaban J connectivity index is 1.93. The molecule has 0 saturated heterocycles. The number of amides is 1. The van der Waals surface area contributed by atoms with Crippen molar-refractivity contribution in [2.24, 2.45) is 0 Å². The summed E-state index contributed by atoms with van der Waals surface area (Å²) in [6.45, 7) is 0. The minimum atomic E-state index is -1.32. The maximum Gasteiger partial charge on any atom is 0.327 e. The first-order valence-electron chi connectivity index (χ1n) is 9.01. The van der Waals surface area contributed by atoms with Crippen LogP contribution < -0.4 is 5.32 Å². The summed E-state index contributed by atoms with van der Waals surface area (Å²) in [7, 11) is 0. The van der Waals surface area contributed by atoms with Gasteiger partial charge in [0.1, 0.15) is 17.7 Å². The van der Waals surface area contributed by atoms with E-state index in [1.165, 1.54) is 48.5 Å². The van der Waals surface area contributed by atoms with E-state index in [2.05, 4.69) is 5.32 Å². The molecule has 3 aromatic carbocycles. The second-order valence-electron chi connectivity index (χ2n) is 6.63. The number of carboxylic acid groups (broad SMARTS) is 1. The number of benzene rings is 3. The highest BCUT2D eigenvalue weighted by atomic mass is 19.1. The van der Waals surface area contributed by atoms with Crippen LogP contribution in [0.3, 0.4) is 0 Å². The van der Waals surface area contributed by atoms with E-state index in [1.807, 2.05) is 6.07 Å². The van der Waals surface area contributed by atoms with Gasteiger partial charge in [0.2, 0.25) is 5.91 Å². The number of carboxylic acids is 1. The molecule has 1 unspecified atom stereocenters. The van der Waals surface area contributed by atoms with Crippen molar-refractivity contribution >= 4 is 11.9 Å². The van der Waals surface area contributed by atoms with Crippen molar-refractivity contribution in [3.05, 3.63) is 107 Å². The molecule has 0 fully saturated rings. The van der Waals surface area contributed by atoms with Gasteiger partial charge < -0.3 is 10.4 Å². The van der Waals surface area contributed by atoms with Crippen LogP contribution in [0.4, 0.5) is 8.78 Å². The van der Waals surface area contributed by atoms with E-state index in [4.69, 9.17) is 0 Å². The van der Waals surface area contributed by atoms with Crippen molar-refractivity contribution in [2.45, 2.75) is 18.4 Å². The van der Waals surface area contributed by atoms with Gasteiger partial charge in [0, 0.05) is 5.92 Å². The van der Waals surface area contributed by atoms with E-state index >= 15 is 0 Å². The van der Waals surface area contributed by atoms with E-state index in [9.17, 15) is 23.5 Å². The van der Waals surface area contributed by atoms with E-state index < -0.39 is 35.5 Å². The topological polar surface area (TPSA) is 66.4 Å². The largest absolute Gasteiger partial charge is 0.480 e. The second kappa shape index (κ2) is 9.10. The Labute approximate surface area is 166 Å². The zero-order chi connectivity index (χ0) is 20.8. The molecule has 0 aliphatic carbocycles. The van der Waals surface area contributed by atoms with Gasteiger partial charge >= 0.3 is 5.97 Å². The molecule has 0 aliphatic heterocycles.